The van der Waals surface area contributed by atoms with Crippen LogP contribution in [0.2, 0.25) is 0 Å². The molecule has 1 aliphatic heterocycles. The summed E-state index contributed by atoms with van der Waals surface area (Å²) < 4.78 is 20.6. The number of hydrogen-bond acceptors (Lipinski definition) is 7. The number of rotatable bonds is 7. The summed E-state index contributed by atoms with van der Waals surface area (Å²) in [6.45, 7) is 6.68. The van der Waals surface area contributed by atoms with Crippen molar-refractivity contribution in [3.63, 3.8) is 0 Å². The normalized spacial score (nSPS) is 15.8. The highest BCUT2D eigenvalue weighted by Crippen LogP contribution is 2.38. The van der Waals surface area contributed by atoms with Gasteiger partial charge in [-0.05, 0) is 31.9 Å². The molecular formula is C22H25FN8O2. The van der Waals surface area contributed by atoms with Crippen molar-refractivity contribution in [2.45, 2.75) is 25.8 Å². The summed E-state index contributed by atoms with van der Waals surface area (Å²) in [6, 6.07) is 1.33. The van der Waals surface area contributed by atoms with E-state index in [1.54, 1.807) is 19.2 Å². The van der Waals surface area contributed by atoms with E-state index in [0.717, 1.165) is 25.6 Å². The monoisotopic (exact) mass is 452 g/mol. The fourth-order valence-electron chi connectivity index (χ4n) is 3.88. The van der Waals surface area contributed by atoms with Gasteiger partial charge in [0.05, 0.1) is 31.7 Å². The molecular weight excluding hydrogens is 427 g/mol. The number of imidazole rings is 1. The quantitative estimate of drug-likeness (QED) is 0.470. The number of hydrogen-bond donors (Lipinski definition) is 3. The van der Waals surface area contributed by atoms with E-state index in [9.17, 15) is 9.18 Å². The lowest BCUT2D eigenvalue weighted by atomic mass is 10.1. The van der Waals surface area contributed by atoms with Gasteiger partial charge < -0.3 is 25.7 Å². The molecule has 0 radical (unpaired) electrons. The van der Waals surface area contributed by atoms with Crippen LogP contribution in [0.3, 0.4) is 0 Å². The molecule has 10 nitrogen and oxygen atoms in total. The fraction of sp³-hybridized carbons (Fsp3) is 0.273. The molecule has 172 valence electrons. The molecule has 4 N–H and O–H groups in total. The van der Waals surface area contributed by atoms with E-state index < -0.39 is 11.7 Å². The van der Waals surface area contributed by atoms with Crippen molar-refractivity contribution < 1.29 is 13.9 Å². The number of anilines is 2. The second-order valence-electron chi connectivity index (χ2n) is 7.63. The SMILES string of the molecule is C=C(/C=C\n1ncc(C(=O)Nc2cnc(C)[nH]2)c1N)N1CCC[C@@H]1c1cc(F)cnc1OC. The van der Waals surface area contributed by atoms with Crippen molar-refractivity contribution in [3.05, 3.63) is 65.8 Å². The van der Waals surface area contributed by atoms with E-state index >= 15 is 0 Å². The Morgan fingerprint density at radius 3 is 2.94 bits per heavy atom. The molecule has 1 saturated heterocycles. The first-order valence-electron chi connectivity index (χ1n) is 10.4. The molecule has 11 heteroatoms. The number of allylic oxidation sites excluding steroid dienone is 1. The van der Waals surface area contributed by atoms with Gasteiger partial charge in [0.15, 0.2) is 0 Å². The number of likely N-dealkylation sites (tertiary alicyclic amines) is 1. The molecule has 0 aliphatic carbocycles. The van der Waals surface area contributed by atoms with Crippen molar-refractivity contribution in [2.24, 2.45) is 0 Å². The zero-order valence-electron chi connectivity index (χ0n) is 18.4. The largest absolute Gasteiger partial charge is 0.481 e. The fourth-order valence-corrected chi connectivity index (χ4v) is 3.88. The molecule has 0 unspecified atom stereocenters. The Hall–Kier alpha value is -4.15. The van der Waals surface area contributed by atoms with E-state index in [1.165, 1.54) is 30.3 Å². The zero-order chi connectivity index (χ0) is 23.5. The number of ether oxygens (including phenoxy) is 1. The maximum absolute atomic E-state index is 13.8. The van der Waals surface area contributed by atoms with Crippen LogP contribution in [0.25, 0.3) is 6.20 Å². The van der Waals surface area contributed by atoms with Crippen LogP contribution in [0.5, 0.6) is 5.88 Å². The van der Waals surface area contributed by atoms with Crippen LogP contribution in [0.4, 0.5) is 16.0 Å². The van der Waals surface area contributed by atoms with Gasteiger partial charge in [-0.2, -0.15) is 5.10 Å². The molecule has 0 saturated carbocycles. The summed E-state index contributed by atoms with van der Waals surface area (Å²) >= 11 is 0. The van der Waals surface area contributed by atoms with Gasteiger partial charge in [-0.25, -0.2) is 19.0 Å². The van der Waals surface area contributed by atoms with Crippen LogP contribution < -0.4 is 15.8 Å². The zero-order valence-corrected chi connectivity index (χ0v) is 18.4. The lowest BCUT2D eigenvalue weighted by Gasteiger charge is -2.28. The second-order valence-corrected chi connectivity index (χ2v) is 7.63. The summed E-state index contributed by atoms with van der Waals surface area (Å²) in [7, 11) is 1.51. The highest BCUT2D eigenvalue weighted by atomic mass is 19.1. The van der Waals surface area contributed by atoms with E-state index in [-0.39, 0.29) is 17.4 Å². The van der Waals surface area contributed by atoms with Crippen LogP contribution in [-0.4, -0.2) is 49.2 Å². The van der Waals surface area contributed by atoms with Gasteiger partial charge in [0.25, 0.3) is 5.91 Å². The molecule has 0 aromatic carbocycles. The molecule has 0 spiro atoms. The number of nitrogens with two attached hydrogens (primary N) is 1. The van der Waals surface area contributed by atoms with Crippen LogP contribution in [0.1, 0.15) is 40.6 Å². The van der Waals surface area contributed by atoms with Gasteiger partial charge in [-0.15, -0.1) is 0 Å². The lowest BCUT2D eigenvalue weighted by molar-refractivity contribution is 0.102. The Bertz CT molecular complexity index is 1210. The number of aryl methyl sites for hydroxylation is 1. The molecule has 1 fully saturated rings. The van der Waals surface area contributed by atoms with E-state index in [1.807, 2.05) is 0 Å². The third-order valence-corrected chi connectivity index (χ3v) is 5.46. The summed E-state index contributed by atoms with van der Waals surface area (Å²) in [6.07, 6.45) is 9.16. The molecule has 4 heterocycles. The topological polar surface area (TPSA) is 127 Å². The maximum Gasteiger partial charge on any atom is 0.262 e. The van der Waals surface area contributed by atoms with Gasteiger partial charge in [0.1, 0.15) is 28.8 Å². The van der Waals surface area contributed by atoms with E-state index in [0.29, 0.717) is 28.8 Å². The van der Waals surface area contributed by atoms with Crippen molar-refractivity contribution in [3.8, 4) is 5.88 Å². The smallest absolute Gasteiger partial charge is 0.262 e. The average Bonchev–Trinajstić information content (AvgIpc) is 3.52. The minimum absolute atomic E-state index is 0.116. The number of halogens is 1. The number of nitrogen functional groups attached to an aromatic ring is 1. The number of nitrogens with zero attached hydrogens (tertiary/aromatic N) is 5. The molecule has 33 heavy (non-hydrogen) atoms. The van der Waals surface area contributed by atoms with Crippen molar-refractivity contribution in [1.29, 1.82) is 0 Å². The minimum Gasteiger partial charge on any atom is -0.481 e. The van der Waals surface area contributed by atoms with Gasteiger partial charge in [0, 0.05) is 24.0 Å². The molecule has 0 bridgehead atoms. The number of carbonyl (C=O) groups excluding carboxylic acids is 1. The molecule has 3 aromatic rings. The summed E-state index contributed by atoms with van der Waals surface area (Å²) in [5.74, 6) is 0.906. The Balaban J connectivity index is 1.48. The predicted octanol–water partition coefficient (Wildman–Crippen LogP) is 3.11. The van der Waals surface area contributed by atoms with E-state index in [4.69, 9.17) is 10.5 Å². The summed E-state index contributed by atoms with van der Waals surface area (Å²) in [5.41, 5.74) is 7.73. The Morgan fingerprint density at radius 1 is 1.39 bits per heavy atom. The number of nitrogens with one attached hydrogen (secondary N) is 2. The van der Waals surface area contributed by atoms with Crippen LogP contribution in [-0.2, 0) is 0 Å². The number of methoxy groups -OCH3 is 1. The van der Waals surface area contributed by atoms with Gasteiger partial charge >= 0.3 is 0 Å². The van der Waals surface area contributed by atoms with Gasteiger partial charge in [-0.3, -0.25) is 4.79 Å². The summed E-state index contributed by atoms with van der Waals surface area (Å²) in [4.78, 5) is 25.6. The standard InChI is InChI=1S/C22H25FN8O2/c1-13(30-7-4-5-18(30)16-9-15(23)10-26-22(16)33-3)6-8-31-20(24)17(11-27-31)21(32)29-19-12-25-14(2)28-19/h6,8-12,18H,1,4-5,7,24H2,2-3H3,(H,25,28)(H,29,32)/b8-6-/t18-/m1/s1. The Kier molecular flexibility index (Phi) is 6.11. The van der Waals surface area contributed by atoms with Crippen molar-refractivity contribution >= 4 is 23.7 Å². The molecule has 1 amide bonds. The molecule has 1 atom stereocenters. The first-order chi connectivity index (χ1) is 15.9. The molecule has 1 aliphatic rings. The first kappa shape index (κ1) is 22.1. The number of pyridine rings is 1. The Morgan fingerprint density at radius 2 is 2.21 bits per heavy atom. The maximum atomic E-state index is 13.8. The average molecular weight is 452 g/mol. The van der Waals surface area contributed by atoms with Gasteiger partial charge in [-0.1, -0.05) is 6.58 Å². The lowest BCUT2D eigenvalue weighted by Crippen LogP contribution is -2.22. The van der Waals surface area contributed by atoms with Crippen molar-refractivity contribution in [2.75, 3.05) is 24.7 Å². The number of H-pyrrole nitrogens is 1. The highest BCUT2D eigenvalue weighted by molar-refractivity contribution is 6.06. The Labute approximate surface area is 190 Å². The van der Waals surface area contributed by atoms with Gasteiger partial charge in [0.2, 0.25) is 5.88 Å². The number of aromatic amines is 1. The predicted molar refractivity (Wildman–Crippen MR) is 122 cm³/mol. The van der Waals surface area contributed by atoms with Crippen LogP contribution >= 0.6 is 0 Å². The second kappa shape index (κ2) is 9.15. The number of aromatic nitrogens is 5. The third-order valence-electron chi connectivity index (χ3n) is 5.46. The summed E-state index contributed by atoms with van der Waals surface area (Å²) in [5, 5.41) is 6.87. The van der Waals surface area contributed by atoms with E-state index in [2.05, 4.69) is 36.8 Å². The highest BCUT2D eigenvalue weighted by Gasteiger charge is 2.29. The minimum atomic E-state index is -0.417. The molecule has 4 rings (SSSR count). The van der Waals surface area contributed by atoms with Crippen LogP contribution in [0.15, 0.2) is 43.0 Å². The van der Waals surface area contributed by atoms with Crippen molar-refractivity contribution in [1.82, 2.24) is 29.6 Å². The number of amides is 1. The first-order valence-corrected chi connectivity index (χ1v) is 10.4. The molecule has 3 aromatic heterocycles. The third kappa shape index (κ3) is 4.56. The number of carbonyl (C=O) groups is 1. The van der Waals surface area contributed by atoms with Crippen LogP contribution in [0, 0.1) is 12.7 Å².